The molecule has 2 aliphatic rings. The highest BCUT2D eigenvalue weighted by molar-refractivity contribution is 8.48. The summed E-state index contributed by atoms with van der Waals surface area (Å²) in [7, 11) is -24.9. The average molecular weight is 920 g/mol. The normalized spacial score (nSPS) is 39.7. The molecule has 2 rings (SSSR count). The Hall–Kier alpha value is 2.47. The minimum absolute atomic E-state index is 0.733. The molecule has 0 aromatic carbocycles. The Morgan fingerprint density at radius 3 is 0.592 bits per heavy atom. The van der Waals surface area contributed by atoms with Crippen LogP contribution < -0.4 is 0 Å². The molecule has 0 spiro atoms. The lowest BCUT2D eigenvalue weighted by atomic mass is 11.0. The van der Waals surface area contributed by atoms with Gasteiger partial charge in [0.05, 0.1) is 0 Å². The van der Waals surface area contributed by atoms with E-state index in [2.05, 4.69) is 83.1 Å². The first-order valence-electron chi connectivity index (χ1n) is 19.2. The lowest BCUT2D eigenvalue weighted by Crippen LogP contribution is -2.59. The Balaban J connectivity index is 2.67. The lowest BCUT2D eigenvalue weighted by molar-refractivity contribution is 0.278. The molecule has 2 fully saturated rings. The number of hydrogen-bond donors (Lipinski definition) is 0. The Kier molecular flexibility index (Phi) is 24.9. The Morgan fingerprint density at radius 1 is 0.286 bits per heavy atom. The monoisotopic (exact) mass is 918 g/mol. The number of hydrogen-bond acceptors (Lipinski definition) is 13. The van der Waals surface area contributed by atoms with Crippen molar-refractivity contribution in [3.8, 4) is 0 Å². The molecule has 8 unspecified atom stereocenters. The van der Waals surface area contributed by atoms with E-state index in [1.807, 2.05) is 0 Å². The van der Waals surface area contributed by atoms with Crippen LogP contribution in [0.3, 0.4) is 0 Å². The maximum Gasteiger partial charge on any atom is 0.386 e. The van der Waals surface area contributed by atoms with E-state index in [0.29, 0.717) is 0 Å². The summed E-state index contributed by atoms with van der Waals surface area (Å²) in [6.45, 7) is 26.1. The van der Waals surface area contributed by atoms with Crippen LogP contribution in [0.15, 0.2) is 0 Å². The summed E-state index contributed by atoms with van der Waals surface area (Å²) in [5.41, 5.74) is 0. The smallest absolute Gasteiger partial charge is 0.386 e. The van der Waals surface area contributed by atoms with E-state index in [9.17, 15) is 0 Å². The van der Waals surface area contributed by atoms with Gasteiger partial charge in [-0.05, 0) is 72.5 Å². The number of rotatable bonds is 14. The Morgan fingerprint density at radius 2 is 0.449 bits per heavy atom. The fourth-order valence-electron chi connectivity index (χ4n) is 5.20. The molecule has 25 heteroatoms. The van der Waals surface area contributed by atoms with Gasteiger partial charge < -0.3 is 49.4 Å². The molecule has 0 aromatic heterocycles. The van der Waals surface area contributed by atoms with Gasteiger partial charge in [-0.2, -0.15) is 0 Å². The Bertz CT molecular complexity index is 770. The van der Waals surface area contributed by atoms with E-state index in [0.717, 1.165) is 72.5 Å². The first-order chi connectivity index (χ1) is 23.6. The predicted octanol–water partition coefficient (Wildman–Crippen LogP) is 4.27. The van der Waals surface area contributed by atoms with E-state index < -0.39 is 108 Å². The van der Waals surface area contributed by atoms with Gasteiger partial charge in [-0.15, -0.1) is 0 Å². The van der Waals surface area contributed by atoms with Crippen LogP contribution in [0.4, 0.5) is 0 Å². The largest absolute Gasteiger partial charge is 0.420 e. The molecule has 0 radical (unpaired) electrons. The van der Waals surface area contributed by atoms with E-state index >= 15 is 0 Å². The van der Waals surface area contributed by atoms with Gasteiger partial charge in [0.2, 0.25) is 0 Å². The van der Waals surface area contributed by atoms with Crippen molar-refractivity contribution in [1.29, 1.82) is 0 Å². The fourth-order valence-corrected chi connectivity index (χ4v) is 70.9. The van der Waals surface area contributed by atoms with Crippen LogP contribution in [-0.4, -0.2) is 108 Å². The molecule has 2 saturated heterocycles. The van der Waals surface area contributed by atoms with Crippen molar-refractivity contribution in [3.05, 3.63) is 0 Å². The highest BCUT2D eigenvalue weighted by Crippen LogP contribution is 2.42. The lowest BCUT2D eigenvalue weighted by Gasteiger charge is -2.44. The van der Waals surface area contributed by atoms with E-state index in [1.165, 1.54) is 0 Å². The third kappa shape index (κ3) is 15.9. The molecule has 0 saturated carbocycles. The molecule has 0 aromatic rings. The highest BCUT2D eigenvalue weighted by Gasteiger charge is 2.55. The summed E-state index contributed by atoms with van der Waals surface area (Å²) in [6, 6.07) is 10.1. The van der Waals surface area contributed by atoms with Crippen molar-refractivity contribution < 1.29 is 49.4 Å². The molecule has 2 aliphatic heterocycles. The molecule has 0 bridgehead atoms. The second-order valence-corrected chi connectivity index (χ2v) is 51.9. The molecule has 2 heterocycles. The first kappa shape index (κ1) is 47.6. The molecule has 8 atom stereocenters. The highest BCUT2D eigenvalue weighted by atomic mass is 32.5. The molecule has 292 valence electrons. The van der Waals surface area contributed by atoms with Gasteiger partial charge in [0, 0.05) is 0 Å². The quantitative estimate of drug-likeness (QED) is 0.232. The molecule has 49 heavy (non-hydrogen) atoms. The van der Waals surface area contributed by atoms with Crippen LogP contribution in [-0.2, 0) is 49.4 Å². The Labute approximate surface area is 321 Å². The summed E-state index contributed by atoms with van der Waals surface area (Å²) in [5.74, 6) is 0. The third-order valence-corrected chi connectivity index (χ3v) is 59.2. The molecule has 12 nitrogen and oxygen atoms in total. The van der Waals surface area contributed by atoms with Gasteiger partial charge in [-0.1, -0.05) is 93.7 Å². The SMILES string of the molecule is CC[SiH]1O[SiH](CC)O[SiH](CC)O[Si](CC)(S[Si]2(CC)O[SiH](CC)O[SiH](CC)O[SiH](CC)O[SiH](CC)O[SiH](CC)O2)O[SiH](CC)O[SiH](CC)O1. The third-order valence-electron chi connectivity index (χ3n) is 8.18. The zero-order chi connectivity index (χ0) is 36.5. The average Bonchev–Trinajstić information content (AvgIpc) is 3.12. The van der Waals surface area contributed by atoms with Gasteiger partial charge in [0.25, 0.3) is 0 Å². The van der Waals surface area contributed by atoms with Crippen LogP contribution in [0.1, 0.15) is 83.1 Å². The van der Waals surface area contributed by atoms with Gasteiger partial charge in [0.15, 0.2) is 0 Å². The maximum absolute atomic E-state index is 7.36. The molecular formula is C24H70O12SSi12. The minimum atomic E-state index is -3.09. The van der Waals surface area contributed by atoms with E-state index in [1.54, 1.807) is 10.7 Å². The van der Waals surface area contributed by atoms with Gasteiger partial charge in [0.1, 0.15) is 0 Å². The standard InChI is InChI=1S/C24H70O12SSi12/c1-13-38-25-40(15-3)29-44(19-7)33-48(23-11,34-45(20-8)30-41(16-4)26-38)37-49(24-12)35-46(21-9)31-42(17-5)27-39(14-2)28-43(18-6)32-47(22-10)36-49/h38-47H,13-24H2,1-12H3. The van der Waals surface area contributed by atoms with Gasteiger partial charge in [-0.3, -0.25) is 0 Å². The maximum atomic E-state index is 7.36. The van der Waals surface area contributed by atoms with Crippen LogP contribution in [0, 0.1) is 0 Å². The van der Waals surface area contributed by atoms with Crippen molar-refractivity contribution in [2.24, 2.45) is 0 Å². The van der Waals surface area contributed by atoms with Crippen LogP contribution in [0.25, 0.3) is 0 Å². The molecular weight excluding hydrogens is 849 g/mol. The van der Waals surface area contributed by atoms with Crippen LogP contribution in [0.5, 0.6) is 0 Å². The van der Waals surface area contributed by atoms with Crippen LogP contribution in [0.2, 0.25) is 72.5 Å². The van der Waals surface area contributed by atoms with Crippen molar-refractivity contribution >= 4 is 119 Å². The summed E-state index contributed by atoms with van der Waals surface area (Å²) >= 11 is 0. The van der Waals surface area contributed by atoms with E-state index in [4.69, 9.17) is 49.4 Å². The van der Waals surface area contributed by atoms with Gasteiger partial charge >= 0.3 is 108 Å². The van der Waals surface area contributed by atoms with Crippen molar-refractivity contribution in [3.63, 3.8) is 0 Å². The van der Waals surface area contributed by atoms with Crippen molar-refractivity contribution in [2.75, 3.05) is 0 Å². The predicted molar refractivity (Wildman–Crippen MR) is 229 cm³/mol. The van der Waals surface area contributed by atoms with Gasteiger partial charge in [-0.25, -0.2) is 0 Å². The molecule has 0 amide bonds. The second kappa shape index (κ2) is 25.6. The molecule has 0 N–H and O–H groups in total. The van der Waals surface area contributed by atoms with Crippen molar-refractivity contribution in [1.82, 2.24) is 0 Å². The summed E-state index contributed by atoms with van der Waals surface area (Å²) in [4.78, 5) is 0. The first-order valence-corrected chi connectivity index (χ1v) is 43.1. The zero-order valence-corrected chi connectivity index (χ0v) is 46.9. The zero-order valence-electron chi connectivity index (χ0n) is 32.6. The summed E-state index contributed by atoms with van der Waals surface area (Å²) < 4.78 is 83.7. The van der Waals surface area contributed by atoms with Crippen molar-refractivity contribution in [2.45, 2.75) is 156 Å². The summed E-state index contributed by atoms with van der Waals surface area (Å²) in [6.07, 6.45) is 0. The van der Waals surface area contributed by atoms with E-state index in [-0.39, 0.29) is 0 Å². The fraction of sp³-hybridized carbons (Fsp3) is 1.00. The van der Waals surface area contributed by atoms with Crippen LogP contribution >= 0.6 is 10.7 Å². The summed E-state index contributed by atoms with van der Waals surface area (Å²) in [5, 5.41) is 0. The topological polar surface area (TPSA) is 111 Å². The second-order valence-electron chi connectivity index (χ2n) is 12.1. The molecule has 0 aliphatic carbocycles. The minimum Gasteiger partial charge on any atom is -0.420 e.